The first-order valence-electron chi connectivity index (χ1n) is 8.16. The van der Waals surface area contributed by atoms with Gasteiger partial charge in [-0.3, -0.25) is 9.59 Å². The highest BCUT2D eigenvalue weighted by Gasteiger charge is 2.36. The van der Waals surface area contributed by atoms with Crippen LogP contribution in [0, 0.1) is 5.41 Å². The number of carbonyl (C=O) groups excluding carboxylic acids is 2. The number of hydrogen-bond acceptors (Lipinski definition) is 4. The summed E-state index contributed by atoms with van der Waals surface area (Å²) in [5.41, 5.74) is 5.67. The minimum absolute atomic E-state index is 0.0117. The van der Waals surface area contributed by atoms with Crippen LogP contribution in [0.25, 0.3) is 0 Å². The van der Waals surface area contributed by atoms with Crippen molar-refractivity contribution in [2.45, 2.75) is 65.5 Å². The van der Waals surface area contributed by atoms with Gasteiger partial charge in [0.2, 0.25) is 11.8 Å². The molecule has 1 fully saturated rings. The highest BCUT2D eigenvalue weighted by molar-refractivity contribution is 7.99. The zero-order chi connectivity index (χ0) is 16.8. The van der Waals surface area contributed by atoms with E-state index in [-0.39, 0.29) is 29.3 Å². The average molecular weight is 330 g/mol. The highest BCUT2D eigenvalue weighted by atomic mass is 32.2. The summed E-state index contributed by atoms with van der Waals surface area (Å²) in [5, 5.41) is 3.02. The number of nitrogens with zero attached hydrogens (tertiary/aromatic N) is 1. The molecule has 5 nitrogen and oxygen atoms in total. The Balaban J connectivity index is 2.61. The molecule has 3 N–H and O–H groups in total. The smallest absolute Gasteiger partial charge is 0.243 e. The Kier molecular flexibility index (Phi) is 7.69. The average Bonchev–Trinajstić information content (AvgIpc) is 2.90. The van der Waals surface area contributed by atoms with Gasteiger partial charge in [-0.05, 0) is 11.8 Å². The second kappa shape index (κ2) is 8.77. The number of nitrogens with two attached hydrogens (primary N) is 1. The lowest BCUT2D eigenvalue weighted by atomic mass is 9.91. The van der Waals surface area contributed by atoms with Crippen molar-refractivity contribution in [3.8, 4) is 0 Å². The van der Waals surface area contributed by atoms with Crippen molar-refractivity contribution < 1.29 is 9.59 Å². The third-order valence-corrected chi connectivity index (χ3v) is 4.74. The lowest BCUT2D eigenvalue weighted by molar-refractivity contribution is -0.139. The molecular formula is C16H31N3O2S. The SMILES string of the molecule is CCCCC(CN)NC(=O)C1CSCN1C(=O)CC(C)(C)C. The molecule has 2 atom stereocenters. The number of unbranched alkanes of at least 4 members (excludes halogenated alkanes) is 1. The van der Waals surface area contributed by atoms with E-state index in [0.29, 0.717) is 24.6 Å². The Bertz CT molecular complexity index is 382. The van der Waals surface area contributed by atoms with Crippen LogP contribution in [0.4, 0.5) is 0 Å². The van der Waals surface area contributed by atoms with Crippen LogP contribution in [-0.2, 0) is 9.59 Å². The quantitative estimate of drug-likeness (QED) is 0.749. The van der Waals surface area contributed by atoms with Crippen molar-refractivity contribution in [3.05, 3.63) is 0 Å². The minimum Gasteiger partial charge on any atom is -0.350 e. The van der Waals surface area contributed by atoms with E-state index >= 15 is 0 Å². The van der Waals surface area contributed by atoms with Gasteiger partial charge in [0.25, 0.3) is 0 Å². The molecule has 0 saturated carbocycles. The summed E-state index contributed by atoms with van der Waals surface area (Å²) in [4.78, 5) is 26.6. The lowest BCUT2D eigenvalue weighted by Gasteiger charge is -2.28. The van der Waals surface area contributed by atoms with Gasteiger partial charge in [0, 0.05) is 24.8 Å². The zero-order valence-electron chi connectivity index (χ0n) is 14.4. The first kappa shape index (κ1) is 19.3. The van der Waals surface area contributed by atoms with E-state index in [4.69, 9.17) is 5.73 Å². The number of amides is 2. The normalized spacial score (nSPS) is 20.0. The molecule has 1 aliphatic rings. The largest absolute Gasteiger partial charge is 0.350 e. The van der Waals surface area contributed by atoms with Gasteiger partial charge in [0.1, 0.15) is 6.04 Å². The molecule has 0 aromatic rings. The van der Waals surface area contributed by atoms with Crippen LogP contribution < -0.4 is 11.1 Å². The van der Waals surface area contributed by atoms with Crippen molar-refractivity contribution in [1.82, 2.24) is 10.2 Å². The first-order chi connectivity index (χ1) is 10.3. The zero-order valence-corrected chi connectivity index (χ0v) is 15.2. The van der Waals surface area contributed by atoms with E-state index in [1.807, 2.05) is 20.8 Å². The van der Waals surface area contributed by atoms with Gasteiger partial charge in [-0.15, -0.1) is 11.8 Å². The second-order valence-corrected chi connectivity index (χ2v) is 8.20. The second-order valence-electron chi connectivity index (χ2n) is 7.20. The molecule has 0 aromatic carbocycles. The molecule has 0 spiro atoms. The van der Waals surface area contributed by atoms with Gasteiger partial charge in [0.15, 0.2) is 0 Å². The predicted molar refractivity (Wildman–Crippen MR) is 92.5 cm³/mol. The number of nitrogens with one attached hydrogen (secondary N) is 1. The predicted octanol–water partition coefficient (Wildman–Crippen LogP) is 1.96. The van der Waals surface area contributed by atoms with E-state index < -0.39 is 0 Å². The van der Waals surface area contributed by atoms with Gasteiger partial charge in [-0.25, -0.2) is 0 Å². The maximum Gasteiger partial charge on any atom is 0.243 e. The maximum atomic E-state index is 12.5. The fourth-order valence-electron chi connectivity index (χ4n) is 2.46. The molecule has 6 heteroatoms. The van der Waals surface area contributed by atoms with Gasteiger partial charge in [-0.1, -0.05) is 40.5 Å². The van der Waals surface area contributed by atoms with Crippen LogP contribution in [-0.4, -0.2) is 47.0 Å². The van der Waals surface area contributed by atoms with Crippen LogP contribution in [0.3, 0.4) is 0 Å². The fraction of sp³-hybridized carbons (Fsp3) is 0.875. The maximum absolute atomic E-state index is 12.5. The summed E-state index contributed by atoms with van der Waals surface area (Å²) in [6.45, 7) is 8.69. The third kappa shape index (κ3) is 6.16. The summed E-state index contributed by atoms with van der Waals surface area (Å²) >= 11 is 1.64. The van der Waals surface area contributed by atoms with Gasteiger partial charge in [-0.2, -0.15) is 0 Å². The van der Waals surface area contributed by atoms with Gasteiger partial charge >= 0.3 is 0 Å². The Labute approximate surface area is 138 Å². The molecule has 0 aliphatic carbocycles. The Morgan fingerprint density at radius 3 is 2.64 bits per heavy atom. The summed E-state index contributed by atoms with van der Waals surface area (Å²) in [5.74, 6) is 1.29. The molecule has 2 amide bonds. The van der Waals surface area contributed by atoms with Crippen molar-refractivity contribution in [3.63, 3.8) is 0 Å². The monoisotopic (exact) mass is 329 g/mol. The summed E-state index contributed by atoms with van der Waals surface area (Å²) in [7, 11) is 0. The molecule has 2 unspecified atom stereocenters. The number of rotatable bonds is 7. The molecule has 1 saturated heterocycles. The molecule has 0 radical (unpaired) electrons. The van der Waals surface area contributed by atoms with Crippen LogP contribution in [0.2, 0.25) is 0 Å². The minimum atomic E-state index is -0.351. The van der Waals surface area contributed by atoms with E-state index in [1.165, 1.54) is 0 Å². The van der Waals surface area contributed by atoms with Crippen LogP contribution >= 0.6 is 11.8 Å². The van der Waals surface area contributed by atoms with E-state index in [1.54, 1.807) is 16.7 Å². The van der Waals surface area contributed by atoms with Crippen LogP contribution in [0.1, 0.15) is 53.4 Å². The fourth-order valence-corrected chi connectivity index (χ4v) is 3.64. The third-order valence-electron chi connectivity index (χ3n) is 3.72. The van der Waals surface area contributed by atoms with E-state index in [2.05, 4.69) is 12.2 Å². The van der Waals surface area contributed by atoms with Crippen LogP contribution in [0.15, 0.2) is 0 Å². The lowest BCUT2D eigenvalue weighted by Crippen LogP contribution is -2.51. The molecule has 22 heavy (non-hydrogen) atoms. The van der Waals surface area contributed by atoms with Crippen molar-refractivity contribution in [1.29, 1.82) is 0 Å². The topological polar surface area (TPSA) is 75.4 Å². The Morgan fingerprint density at radius 1 is 1.41 bits per heavy atom. The van der Waals surface area contributed by atoms with Crippen LogP contribution in [0.5, 0.6) is 0 Å². The molecule has 1 aliphatic heterocycles. The van der Waals surface area contributed by atoms with E-state index in [9.17, 15) is 9.59 Å². The first-order valence-corrected chi connectivity index (χ1v) is 9.31. The molecule has 0 bridgehead atoms. The molecule has 128 valence electrons. The van der Waals surface area contributed by atoms with E-state index in [0.717, 1.165) is 19.3 Å². The molecule has 1 heterocycles. The standard InChI is InChI=1S/C16H31N3O2S/c1-5-6-7-12(9-17)18-15(21)13-10-22-11-19(13)14(20)8-16(2,3)4/h12-13H,5-11,17H2,1-4H3,(H,18,21). The highest BCUT2D eigenvalue weighted by Crippen LogP contribution is 2.26. The Hall–Kier alpha value is -0.750. The van der Waals surface area contributed by atoms with Gasteiger partial charge < -0.3 is 16.0 Å². The molecule has 0 aromatic heterocycles. The summed E-state index contributed by atoms with van der Waals surface area (Å²) in [6.07, 6.45) is 3.50. The summed E-state index contributed by atoms with van der Waals surface area (Å²) in [6, 6.07) is -0.340. The molecular weight excluding hydrogens is 298 g/mol. The molecule has 1 rings (SSSR count). The number of carbonyl (C=O) groups is 2. The van der Waals surface area contributed by atoms with Gasteiger partial charge in [0.05, 0.1) is 5.88 Å². The Morgan fingerprint density at radius 2 is 2.09 bits per heavy atom. The van der Waals surface area contributed by atoms with Crippen molar-refractivity contribution >= 4 is 23.6 Å². The number of hydrogen-bond donors (Lipinski definition) is 2. The van der Waals surface area contributed by atoms with Crippen molar-refractivity contribution in [2.24, 2.45) is 11.1 Å². The number of thioether (sulfide) groups is 1. The van der Waals surface area contributed by atoms with Crippen molar-refractivity contribution in [2.75, 3.05) is 18.2 Å². The summed E-state index contributed by atoms with van der Waals surface area (Å²) < 4.78 is 0.